The van der Waals surface area contributed by atoms with Gasteiger partial charge in [-0.1, -0.05) is 41.7 Å². The van der Waals surface area contributed by atoms with Crippen molar-refractivity contribution in [1.82, 2.24) is 4.98 Å². The van der Waals surface area contributed by atoms with Gasteiger partial charge >= 0.3 is 7.12 Å². The number of thiazole rings is 1. The van der Waals surface area contributed by atoms with Crippen LogP contribution in [0.3, 0.4) is 0 Å². The number of nitrogen functional groups attached to an aromatic ring is 1. The molecule has 0 aliphatic carbocycles. The lowest BCUT2D eigenvalue weighted by Crippen LogP contribution is -2.41. The van der Waals surface area contributed by atoms with E-state index in [0.717, 1.165) is 5.56 Å². The highest BCUT2D eigenvalue weighted by Gasteiger charge is 2.53. The average Bonchev–Trinajstić information content (AvgIpc) is 3.04. The maximum absolute atomic E-state index is 15.1. The van der Waals surface area contributed by atoms with Crippen LogP contribution < -0.4 is 5.73 Å². The van der Waals surface area contributed by atoms with Crippen molar-refractivity contribution < 1.29 is 13.7 Å². The number of aromatic nitrogens is 1. The van der Waals surface area contributed by atoms with Gasteiger partial charge in [0.25, 0.3) is 0 Å². The maximum atomic E-state index is 15.1. The zero-order chi connectivity index (χ0) is 18.4. The molecule has 1 saturated heterocycles. The Hall–Kier alpha value is -1.70. The maximum Gasteiger partial charge on any atom is 0.525 e. The second-order valence-corrected chi connectivity index (χ2v) is 8.19. The van der Waals surface area contributed by atoms with Gasteiger partial charge in [0.15, 0.2) is 5.13 Å². The van der Waals surface area contributed by atoms with Gasteiger partial charge in [-0.05, 0) is 40.2 Å². The van der Waals surface area contributed by atoms with E-state index in [2.05, 4.69) is 4.98 Å². The third-order valence-electron chi connectivity index (χ3n) is 4.85. The largest absolute Gasteiger partial charge is 0.525 e. The summed E-state index contributed by atoms with van der Waals surface area (Å²) >= 11 is 1.26. The molecule has 0 atom stereocenters. The Morgan fingerprint density at radius 1 is 1.12 bits per heavy atom. The van der Waals surface area contributed by atoms with Crippen LogP contribution in [0.2, 0.25) is 0 Å². The first kappa shape index (κ1) is 18.1. The van der Waals surface area contributed by atoms with Crippen LogP contribution >= 0.6 is 11.3 Å². The fraction of sp³-hybridized carbons (Fsp3) is 0.389. The number of nitrogens with zero attached hydrogens (tertiary/aromatic N) is 1. The molecule has 7 heteroatoms. The summed E-state index contributed by atoms with van der Waals surface area (Å²) in [5.41, 5.74) is 6.27. The first-order chi connectivity index (χ1) is 11.6. The van der Waals surface area contributed by atoms with E-state index < -0.39 is 24.0 Å². The van der Waals surface area contributed by atoms with E-state index in [9.17, 15) is 0 Å². The zero-order valence-electron chi connectivity index (χ0n) is 15.1. The number of allylic oxidation sites excluding steroid dienone is 1. The first-order valence-corrected chi connectivity index (χ1v) is 8.98. The van der Waals surface area contributed by atoms with Gasteiger partial charge in [-0.2, -0.15) is 0 Å². The Balaban J connectivity index is 2.01. The molecule has 1 fully saturated rings. The van der Waals surface area contributed by atoms with Gasteiger partial charge < -0.3 is 15.0 Å². The van der Waals surface area contributed by atoms with Crippen LogP contribution in [0, 0.1) is 0 Å². The zero-order valence-corrected chi connectivity index (χ0v) is 15.9. The van der Waals surface area contributed by atoms with Crippen molar-refractivity contribution in [2.24, 2.45) is 0 Å². The molecule has 1 aliphatic rings. The first-order valence-electron chi connectivity index (χ1n) is 8.16. The molecule has 2 aromatic rings. The van der Waals surface area contributed by atoms with Crippen molar-refractivity contribution in [3.8, 4) is 11.3 Å². The molecule has 0 unspecified atom stereocenters. The van der Waals surface area contributed by atoms with Gasteiger partial charge in [-0.15, -0.1) is 0 Å². The smallest absolute Gasteiger partial charge is 0.398 e. The molecular weight excluding hydrogens is 338 g/mol. The normalized spacial score (nSPS) is 19.8. The Bertz CT molecular complexity index is 802. The molecule has 1 aromatic heterocycles. The van der Waals surface area contributed by atoms with Gasteiger partial charge in [-0.25, -0.2) is 9.37 Å². The van der Waals surface area contributed by atoms with E-state index in [-0.39, 0.29) is 0 Å². The predicted octanol–water partition coefficient (Wildman–Crippen LogP) is 4.72. The van der Waals surface area contributed by atoms with Crippen LogP contribution in [-0.4, -0.2) is 23.3 Å². The fourth-order valence-corrected chi connectivity index (χ4v) is 3.47. The Morgan fingerprint density at radius 2 is 1.68 bits per heavy atom. The van der Waals surface area contributed by atoms with Crippen LogP contribution in [-0.2, 0) is 9.31 Å². The number of anilines is 1. The molecule has 4 nitrogen and oxygen atoms in total. The molecule has 0 amide bonds. The highest BCUT2D eigenvalue weighted by atomic mass is 32.1. The summed E-state index contributed by atoms with van der Waals surface area (Å²) in [5, 5.41) is 0.398. The van der Waals surface area contributed by atoms with Gasteiger partial charge in [0.1, 0.15) is 5.73 Å². The number of halogens is 1. The monoisotopic (exact) mass is 360 g/mol. The molecule has 1 aliphatic heterocycles. The van der Waals surface area contributed by atoms with E-state index in [1.165, 1.54) is 11.3 Å². The van der Waals surface area contributed by atoms with Gasteiger partial charge in [0, 0.05) is 5.56 Å². The van der Waals surface area contributed by atoms with Crippen molar-refractivity contribution in [3.05, 3.63) is 40.9 Å². The van der Waals surface area contributed by atoms with Crippen LogP contribution in [0.25, 0.3) is 16.8 Å². The minimum Gasteiger partial charge on any atom is -0.398 e. The second kappa shape index (κ2) is 6.23. The molecule has 1 aromatic carbocycles. The molecule has 0 radical (unpaired) electrons. The van der Waals surface area contributed by atoms with Gasteiger partial charge in [-0.3, -0.25) is 0 Å². The minimum atomic E-state index is -1.03. The summed E-state index contributed by atoms with van der Waals surface area (Å²) in [5.74, 6) is 0. The highest BCUT2D eigenvalue weighted by molar-refractivity contribution is 7.17. The van der Waals surface area contributed by atoms with E-state index in [1.807, 2.05) is 58.0 Å². The average molecular weight is 360 g/mol. The van der Waals surface area contributed by atoms with Crippen LogP contribution in [0.5, 0.6) is 0 Å². The standard InChI is InChI=1S/C18H22BFN2O2S/c1-11(15(20)19-23-17(2,3)18(4,5)24-19)14-13(22-16(21)25-14)12-9-7-6-8-10-12/h6-10H,1-5H3,(H2,21,22). The molecule has 132 valence electrons. The molecule has 3 rings (SSSR count). The predicted molar refractivity (Wildman–Crippen MR) is 102 cm³/mol. The molecular formula is C18H22BFN2O2S. The minimum absolute atomic E-state index is 0.398. The quantitative estimate of drug-likeness (QED) is 0.805. The summed E-state index contributed by atoms with van der Waals surface area (Å²) in [6.45, 7) is 9.30. The number of hydrogen-bond donors (Lipinski definition) is 1. The lowest BCUT2D eigenvalue weighted by molar-refractivity contribution is 0.00578. The van der Waals surface area contributed by atoms with E-state index in [0.29, 0.717) is 21.3 Å². The van der Waals surface area contributed by atoms with Crippen LogP contribution in [0.1, 0.15) is 39.5 Å². The Morgan fingerprint density at radius 3 is 2.24 bits per heavy atom. The topological polar surface area (TPSA) is 57.4 Å². The SMILES string of the molecule is CC(=C(F)B1OC(C)(C)C(C)(C)O1)c1sc(N)nc1-c1ccccc1. The summed E-state index contributed by atoms with van der Waals surface area (Å²) in [4.78, 5) is 5.07. The summed E-state index contributed by atoms with van der Waals surface area (Å²) < 4.78 is 26.8. The summed E-state index contributed by atoms with van der Waals surface area (Å²) in [6, 6.07) is 9.61. The van der Waals surface area contributed by atoms with Crippen LogP contribution in [0.15, 0.2) is 36.1 Å². The number of hydrogen-bond acceptors (Lipinski definition) is 5. The Labute approximate surface area is 152 Å². The van der Waals surface area contributed by atoms with Crippen molar-refractivity contribution >= 4 is 29.2 Å². The summed E-state index contributed by atoms with van der Waals surface area (Å²) in [7, 11) is -1.03. The van der Waals surface area contributed by atoms with Gasteiger partial charge in [0.05, 0.1) is 21.8 Å². The fourth-order valence-electron chi connectivity index (χ4n) is 2.61. The molecule has 0 bridgehead atoms. The van der Waals surface area contributed by atoms with Gasteiger partial charge in [0.2, 0.25) is 0 Å². The van der Waals surface area contributed by atoms with Crippen molar-refractivity contribution in [1.29, 1.82) is 0 Å². The Kier molecular flexibility index (Phi) is 4.51. The second-order valence-electron chi connectivity index (χ2n) is 7.16. The van der Waals surface area contributed by atoms with E-state index in [4.69, 9.17) is 15.0 Å². The van der Waals surface area contributed by atoms with Crippen molar-refractivity contribution in [2.75, 3.05) is 5.73 Å². The number of nitrogens with two attached hydrogens (primary N) is 1. The third-order valence-corrected chi connectivity index (χ3v) is 5.85. The number of rotatable bonds is 3. The molecule has 25 heavy (non-hydrogen) atoms. The molecule has 2 N–H and O–H groups in total. The van der Waals surface area contributed by atoms with Crippen LogP contribution in [0.4, 0.5) is 9.52 Å². The third kappa shape index (κ3) is 3.24. The molecule has 0 spiro atoms. The highest BCUT2D eigenvalue weighted by Crippen LogP contribution is 2.42. The number of benzene rings is 1. The molecule has 2 heterocycles. The van der Waals surface area contributed by atoms with Crippen molar-refractivity contribution in [2.45, 2.75) is 45.8 Å². The van der Waals surface area contributed by atoms with Crippen molar-refractivity contribution in [3.63, 3.8) is 0 Å². The van der Waals surface area contributed by atoms with E-state index >= 15 is 4.39 Å². The van der Waals surface area contributed by atoms with E-state index in [1.54, 1.807) is 6.92 Å². The lowest BCUT2D eigenvalue weighted by atomic mass is 9.84. The summed E-state index contributed by atoms with van der Waals surface area (Å²) in [6.07, 6.45) is 0. The molecule has 0 saturated carbocycles. The lowest BCUT2D eigenvalue weighted by Gasteiger charge is -2.32.